The molecule has 100 valence electrons. The number of aromatic nitrogens is 1. The fourth-order valence-corrected chi connectivity index (χ4v) is 2.34. The average Bonchev–Trinajstić information content (AvgIpc) is 2.97. The number of methoxy groups -OCH3 is 1. The maximum absolute atomic E-state index is 11.8. The summed E-state index contributed by atoms with van der Waals surface area (Å²) in [6.45, 7) is 0.566. The van der Waals surface area contributed by atoms with Crippen LogP contribution in [-0.4, -0.2) is 24.1 Å². The highest BCUT2D eigenvalue weighted by molar-refractivity contribution is 7.07. The largest absolute Gasteiger partial charge is 0.468 e. The summed E-state index contributed by atoms with van der Waals surface area (Å²) in [7, 11) is 1.41. The summed E-state index contributed by atoms with van der Waals surface area (Å²) >= 11 is 1.54. The zero-order valence-electron chi connectivity index (χ0n) is 10.7. The summed E-state index contributed by atoms with van der Waals surface area (Å²) in [5, 5.41) is 5.15. The number of carbonyl (C=O) groups is 1. The number of hydrogen-bond donors (Lipinski definition) is 1. The Morgan fingerprint density at radius 1 is 1.42 bits per heavy atom. The van der Waals surface area contributed by atoms with Gasteiger partial charge in [0.15, 0.2) is 0 Å². The van der Waals surface area contributed by atoms with Gasteiger partial charge in [-0.15, -0.1) is 11.3 Å². The highest BCUT2D eigenvalue weighted by atomic mass is 32.1. The monoisotopic (exact) mass is 276 g/mol. The van der Waals surface area contributed by atoms with Gasteiger partial charge in [0.2, 0.25) is 0 Å². The molecule has 0 aliphatic rings. The average molecular weight is 276 g/mol. The van der Waals surface area contributed by atoms with Crippen LogP contribution >= 0.6 is 11.3 Å². The quantitative estimate of drug-likeness (QED) is 0.820. The first-order valence-electron chi connectivity index (χ1n) is 6.02. The van der Waals surface area contributed by atoms with Gasteiger partial charge in [-0.25, -0.2) is 4.98 Å². The Morgan fingerprint density at radius 3 is 2.84 bits per heavy atom. The summed E-state index contributed by atoms with van der Waals surface area (Å²) in [6, 6.07) is 9.53. The Kier molecular flexibility index (Phi) is 5.06. The van der Waals surface area contributed by atoms with E-state index >= 15 is 0 Å². The third kappa shape index (κ3) is 4.15. The second kappa shape index (κ2) is 7.01. The van der Waals surface area contributed by atoms with Gasteiger partial charge in [0.25, 0.3) is 0 Å². The molecular formula is C14H16N2O2S. The second-order valence-electron chi connectivity index (χ2n) is 4.13. The van der Waals surface area contributed by atoms with Crippen molar-refractivity contribution in [1.82, 2.24) is 10.3 Å². The van der Waals surface area contributed by atoms with Crippen molar-refractivity contribution in [2.75, 3.05) is 7.11 Å². The van der Waals surface area contributed by atoms with Crippen LogP contribution in [0.3, 0.4) is 0 Å². The molecule has 0 aliphatic heterocycles. The van der Waals surface area contributed by atoms with Crippen LogP contribution in [0.5, 0.6) is 0 Å². The summed E-state index contributed by atoms with van der Waals surface area (Å²) in [4.78, 5) is 16.0. The summed E-state index contributed by atoms with van der Waals surface area (Å²) in [5.41, 5.74) is 3.82. The van der Waals surface area contributed by atoms with Crippen molar-refractivity contribution in [1.29, 1.82) is 0 Å². The third-order valence-corrected chi connectivity index (χ3v) is 3.42. The van der Waals surface area contributed by atoms with E-state index in [-0.39, 0.29) is 12.0 Å². The maximum atomic E-state index is 11.8. The van der Waals surface area contributed by atoms with Crippen molar-refractivity contribution in [3.63, 3.8) is 0 Å². The topological polar surface area (TPSA) is 51.2 Å². The van der Waals surface area contributed by atoms with Gasteiger partial charge in [-0.3, -0.25) is 10.1 Å². The summed E-state index contributed by atoms with van der Waals surface area (Å²) in [5.74, 6) is -0.251. The SMILES string of the molecule is COC(=O)[C@H](Cc1ccccc1)NCc1cscn1. The Hall–Kier alpha value is -1.72. The van der Waals surface area contributed by atoms with Gasteiger partial charge >= 0.3 is 5.97 Å². The van der Waals surface area contributed by atoms with Crippen LogP contribution in [0.2, 0.25) is 0 Å². The minimum atomic E-state index is -0.353. The number of ether oxygens (including phenoxy) is 1. The molecule has 1 N–H and O–H groups in total. The Balaban J connectivity index is 1.97. The highest BCUT2D eigenvalue weighted by Gasteiger charge is 2.19. The number of thiazole rings is 1. The molecule has 0 radical (unpaired) electrons. The fourth-order valence-electron chi connectivity index (χ4n) is 1.78. The molecule has 1 aromatic heterocycles. The third-order valence-electron chi connectivity index (χ3n) is 2.78. The zero-order chi connectivity index (χ0) is 13.5. The van der Waals surface area contributed by atoms with Crippen molar-refractivity contribution >= 4 is 17.3 Å². The summed E-state index contributed by atoms with van der Waals surface area (Å²) < 4.78 is 4.84. The number of hydrogen-bond acceptors (Lipinski definition) is 5. The van der Waals surface area contributed by atoms with Crippen molar-refractivity contribution in [3.8, 4) is 0 Å². The molecule has 0 fully saturated rings. The van der Waals surface area contributed by atoms with Crippen molar-refractivity contribution in [2.45, 2.75) is 19.0 Å². The Labute approximate surface area is 116 Å². The first kappa shape index (κ1) is 13.7. The predicted molar refractivity (Wildman–Crippen MR) is 74.9 cm³/mol. The van der Waals surface area contributed by atoms with E-state index in [0.29, 0.717) is 13.0 Å². The number of nitrogens with one attached hydrogen (secondary N) is 1. The molecule has 2 aromatic rings. The van der Waals surface area contributed by atoms with Crippen LogP contribution in [0.1, 0.15) is 11.3 Å². The fraction of sp³-hybridized carbons (Fsp3) is 0.286. The van der Waals surface area contributed by atoms with Gasteiger partial charge in [0.1, 0.15) is 6.04 Å². The van der Waals surface area contributed by atoms with E-state index in [2.05, 4.69) is 10.3 Å². The molecule has 1 atom stereocenters. The van der Waals surface area contributed by atoms with Crippen LogP contribution in [0.15, 0.2) is 41.2 Å². The molecule has 0 spiro atoms. The van der Waals surface area contributed by atoms with E-state index in [4.69, 9.17) is 4.74 Å². The van der Waals surface area contributed by atoms with E-state index in [1.807, 2.05) is 35.7 Å². The van der Waals surface area contributed by atoms with Crippen LogP contribution in [0.4, 0.5) is 0 Å². The molecule has 2 rings (SSSR count). The lowest BCUT2D eigenvalue weighted by Gasteiger charge is -2.15. The highest BCUT2D eigenvalue weighted by Crippen LogP contribution is 2.06. The van der Waals surface area contributed by atoms with E-state index in [0.717, 1.165) is 11.3 Å². The van der Waals surface area contributed by atoms with Gasteiger partial charge in [0, 0.05) is 11.9 Å². The maximum Gasteiger partial charge on any atom is 0.323 e. The van der Waals surface area contributed by atoms with Crippen LogP contribution in [-0.2, 0) is 22.5 Å². The molecule has 0 saturated heterocycles. The van der Waals surface area contributed by atoms with Gasteiger partial charge in [0.05, 0.1) is 18.3 Å². The molecule has 0 amide bonds. The number of esters is 1. The molecule has 0 bridgehead atoms. The van der Waals surface area contributed by atoms with Crippen molar-refractivity contribution in [3.05, 3.63) is 52.5 Å². The lowest BCUT2D eigenvalue weighted by Crippen LogP contribution is -2.39. The Morgan fingerprint density at radius 2 is 2.21 bits per heavy atom. The lowest BCUT2D eigenvalue weighted by molar-refractivity contribution is -0.143. The number of rotatable bonds is 6. The number of benzene rings is 1. The first-order valence-corrected chi connectivity index (χ1v) is 6.96. The normalized spacial score (nSPS) is 12.1. The standard InChI is InChI=1S/C14H16N2O2S/c1-18-14(17)13(7-11-5-3-2-4-6-11)15-8-12-9-19-10-16-12/h2-6,9-10,13,15H,7-8H2,1H3/t13-/m0/s1. The van der Waals surface area contributed by atoms with Crippen LogP contribution < -0.4 is 5.32 Å². The summed E-state index contributed by atoms with van der Waals surface area (Å²) in [6.07, 6.45) is 0.609. The Bertz CT molecular complexity index is 499. The van der Waals surface area contributed by atoms with Crippen LogP contribution in [0.25, 0.3) is 0 Å². The lowest BCUT2D eigenvalue weighted by atomic mass is 10.1. The van der Waals surface area contributed by atoms with E-state index in [9.17, 15) is 4.79 Å². The van der Waals surface area contributed by atoms with E-state index < -0.39 is 0 Å². The molecule has 0 saturated carbocycles. The van der Waals surface area contributed by atoms with Crippen LogP contribution in [0, 0.1) is 0 Å². The molecule has 1 heterocycles. The smallest absolute Gasteiger partial charge is 0.323 e. The number of carbonyl (C=O) groups excluding carboxylic acids is 1. The van der Waals surface area contributed by atoms with Crippen molar-refractivity contribution < 1.29 is 9.53 Å². The van der Waals surface area contributed by atoms with Gasteiger partial charge < -0.3 is 4.74 Å². The minimum Gasteiger partial charge on any atom is -0.468 e. The van der Waals surface area contributed by atoms with Gasteiger partial charge in [-0.2, -0.15) is 0 Å². The van der Waals surface area contributed by atoms with Gasteiger partial charge in [-0.1, -0.05) is 30.3 Å². The number of nitrogens with zero attached hydrogens (tertiary/aromatic N) is 1. The zero-order valence-corrected chi connectivity index (χ0v) is 11.5. The van der Waals surface area contributed by atoms with E-state index in [1.54, 1.807) is 16.8 Å². The predicted octanol–water partition coefficient (Wildman–Crippen LogP) is 2.02. The molecule has 4 nitrogen and oxygen atoms in total. The molecule has 0 aliphatic carbocycles. The molecule has 5 heteroatoms. The van der Waals surface area contributed by atoms with Crippen molar-refractivity contribution in [2.24, 2.45) is 0 Å². The molecule has 1 aromatic carbocycles. The first-order chi connectivity index (χ1) is 9.29. The van der Waals surface area contributed by atoms with Gasteiger partial charge in [-0.05, 0) is 12.0 Å². The molecular weight excluding hydrogens is 260 g/mol. The second-order valence-corrected chi connectivity index (χ2v) is 4.84. The van der Waals surface area contributed by atoms with E-state index in [1.165, 1.54) is 7.11 Å². The molecule has 19 heavy (non-hydrogen) atoms. The molecule has 0 unspecified atom stereocenters. The minimum absolute atomic E-state index is 0.251.